The fraction of sp³-hybridized carbons (Fsp3) is 0.462. The average Bonchev–Trinajstić information content (AvgIpc) is 3.00. The van der Waals surface area contributed by atoms with Gasteiger partial charge in [0.2, 0.25) is 0 Å². The lowest BCUT2D eigenvalue weighted by Gasteiger charge is -2.36. The summed E-state index contributed by atoms with van der Waals surface area (Å²) in [6.07, 6.45) is 3.35. The average molecular weight is 611 g/mol. The molecule has 4 rings (SSSR count). The van der Waals surface area contributed by atoms with Crippen LogP contribution in [0.4, 0.5) is 0 Å². The number of hydrogen-bond donors (Lipinski definition) is 0. The molecule has 0 amide bonds. The third-order valence-electron chi connectivity index (χ3n) is 6.74. The van der Waals surface area contributed by atoms with Gasteiger partial charge < -0.3 is 28.7 Å². The number of para-hydroxylation sites is 2. The quantitative estimate of drug-likeness (QED) is 0.253. The van der Waals surface area contributed by atoms with Gasteiger partial charge in [0.25, 0.3) is 5.82 Å². The first-order chi connectivity index (χ1) is 14.8. The highest BCUT2D eigenvalue weighted by Gasteiger charge is 2.34. The molecule has 1 aliphatic rings. The van der Waals surface area contributed by atoms with Crippen molar-refractivity contribution in [2.75, 3.05) is 0 Å². The second-order valence-electron chi connectivity index (χ2n) is 9.32. The predicted octanol–water partition coefficient (Wildman–Crippen LogP) is 2.90. The second-order valence-corrected chi connectivity index (χ2v) is 10.2. The van der Waals surface area contributed by atoms with Crippen LogP contribution in [-0.2, 0) is 23.1 Å². The van der Waals surface area contributed by atoms with Crippen molar-refractivity contribution in [2.45, 2.75) is 52.7 Å². The number of ether oxygens (including phenoxy) is 1. The maximum Gasteiger partial charge on any atom is 0.348 e. The minimum Gasteiger partial charge on any atom is -1.00 e. The zero-order valence-corrected chi connectivity index (χ0v) is 23.0. The number of esters is 1. The summed E-state index contributed by atoms with van der Waals surface area (Å²) in [6.45, 7) is 6.96. The fourth-order valence-electron chi connectivity index (χ4n) is 5.08. The lowest BCUT2D eigenvalue weighted by molar-refractivity contribution is -0.634. The molecule has 0 spiro atoms. The molecule has 0 bridgehead atoms. The van der Waals surface area contributed by atoms with Crippen LogP contribution in [0.1, 0.15) is 40.0 Å². The molecule has 4 nitrogen and oxygen atoms in total. The first-order valence-electron chi connectivity index (χ1n) is 11.3. The molecule has 3 atom stereocenters. The largest absolute Gasteiger partial charge is 1.00 e. The number of aryl methyl sites for hydroxylation is 1. The number of aromatic nitrogens is 2. The topological polar surface area (TPSA) is 35.1 Å². The Morgan fingerprint density at radius 1 is 1.16 bits per heavy atom. The van der Waals surface area contributed by atoms with Crippen molar-refractivity contribution in [1.82, 2.24) is 4.57 Å². The zero-order valence-electron chi connectivity index (χ0n) is 19.2. The van der Waals surface area contributed by atoms with E-state index in [1.807, 2.05) is 24.3 Å². The minimum absolute atomic E-state index is 0. The molecule has 1 fully saturated rings. The Labute approximate surface area is 216 Å². The van der Waals surface area contributed by atoms with Crippen LogP contribution in [0.2, 0.25) is 0 Å². The molecule has 0 N–H and O–H groups in total. The fourth-order valence-corrected chi connectivity index (χ4v) is 5.34. The van der Waals surface area contributed by atoms with Gasteiger partial charge in [-0.3, -0.25) is 0 Å². The molecule has 2 aromatic carbocycles. The maximum atomic E-state index is 13.2. The van der Waals surface area contributed by atoms with E-state index in [0.29, 0.717) is 17.8 Å². The SMILES string of the molecule is CC(C)[C@@H]1CC[C@@H](C)CC1OC(=O)Cn1c(-c2ccc(Br)cc2)[n+](C)c2ccccc21.[I-]. The summed E-state index contributed by atoms with van der Waals surface area (Å²) in [5.41, 5.74) is 3.21. The predicted molar refractivity (Wildman–Crippen MR) is 127 cm³/mol. The summed E-state index contributed by atoms with van der Waals surface area (Å²) >= 11 is 3.52. The number of rotatable bonds is 5. The van der Waals surface area contributed by atoms with E-state index in [1.54, 1.807) is 0 Å². The van der Waals surface area contributed by atoms with E-state index in [2.05, 4.69) is 77.1 Å². The summed E-state index contributed by atoms with van der Waals surface area (Å²) in [4.78, 5) is 13.2. The summed E-state index contributed by atoms with van der Waals surface area (Å²) in [5, 5.41) is 0. The smallest absolute Gasteiger partial charge is 0.348 e. The zero-order chi connectivity index (χ0) is 22.1. The van der Waals surface area contributed by atoms with E-state index in [-0.39, 0.29) is 42.6 Å². The van der Waals surface area contributed by atoms with Gasteiger partial charge in [-0.15, -0.1) is 0 Å². The van der Waals surface area contributed by atoms with Crippen LogP contribution in [0.5, 0.6) is 0 Å². The van der Waals surface area contributed by atoms with Gasteiger partial charge in [-0.25, -0.2) is 13.9 Å². The number of benzene rings is 2. The van der Waals surface area contributed by atoms with E-state index in [1.165, 1.54) is 6.42 Å². The van der Waals surface area contributed by atoms with Crippen molar-refractivity contribution in [1.29, 1.82) is 0 Å². The van der Waals surface area contributed by atoms with E-state index in [4.69, 9.17) is 4.74 Å². The normalized spacial score (nSPS) is 20.9. The highest BCUT2D eigenvalue weighted by Crippen LogP contribution is 2.35. The molecule has 1 saturated carbocycles. The number of fused-ring (bicyclic) bond motifs is 1. The number of imidazole rings is 1. The Morgan fingerprint density at radius 3 is 2.53 bits per heavy atom. The summed E-state index contributed by atoms with van der Waals surface area (Å²) in [6, 6.07) is 16.5. The molecular weight excluding hydrogens is 579 g/mol. The molecule has 0 radical (unpaired) electrons. The van der Waals surface area contributed by atoms with Gasteiger partial charge in [0, 0.05) is 4.47 Å². The van der Waals surface area contributed by atoms with Crippen LogP contribution < -0.4 is 28.5 Å². The van der Waals surface area contributed by atoms with Crippen molar-refractivity contribution in [3.8, 4) is 11.4 Å². The summed E-state index contributed by atoms with van der Waals surface area (Å²) < 4.78 is 11.4. The molecule has 0 saturated heterocycles. The van der Waals surface area contributed by atoms with Gasteiger partial charge in [0.15, 0.2) is 17.6 Å². The van der Waals surface area contributed by atoms with Gasteiger partial charge in [0.05, 0.1) is 12.6 Å². The van der Waals surface area contributed by atoms with E-state index in [0.717, 1.165) is 39.7 Å². The van der Waals surface area contributed by atoms with Gasteiger partial charge >= 0.3 is 5.97 Å². The lowest BCUT2D eigenvalue weighted by Crippen LogP contribution is -3.00. The second kappa shape index (κ2) is 10.7. The molecule has 1 heterocycles. The number of halogens is 2. The molecule has 0 aliphatic heterocycles. The molecule has 32 heavy (non-hydrogen) atoms. The number of carbonyl (C=O) groups excluding carboxylic acids is 1. The van der Waals surface area contributed by atoms with Crippen molar-refractivity contribution >= 4 is 32.9 Å². The highest BCUT2D eigenvalue weighted by molar-refractivity contribution is 9.10. The molecule has 1 unspecified atom stereocenters. The van der Waals surface area contributed by atoms with Crippen LogP contribution in [-0.4, -0.2) is 16.6 Å². The van der Waals surface area contributed by atoms with Crippen LogP contribution >= 0.6 is 15.9 Å². The molecule has 1 aromatic heterocycles. The van der Waals surface area contributed by atoms with Crippen molar-refractivity contribution in [3.05, 3.63) is 53.0 Å². The van der Waals surface area contributed by atoms with Gasteiger partial charge in [-0.05, 0) is 67.0 Å². The Morgan fingerprint density at radius 2 is 1.84 bits per heavy atom. The minimum atomic E-state index is -0.149. The van der Waals surface area contributed by atoms with E-state index in [9.17, 15) is 4.79 Å². The third-order valence-corrected chi connectivity index (χ3v) is 7.27. The Balaban J connectivity index is 0.00000289. The van der Waals surface area contributed by atoms with E-state index < -0.39 is 0 Å². The number of hydrogen-bond acceptors (Lipinski definition) is 2. The third kappa shape index (κ3) is 5.22. The standard InChI is InChI=1S/C26H32BrN2O2.HI/c1-17(2)21-14-9-18(3)15-24(21)31-25(30)16-29-23-8-6-5-7-22(23)28(4)26(29)19-10-12-20(27)13-11-19;/h5-8,10-13,17-18,21,24H,9,14-16H2,1-4H3;1H/q+1;/p-1/t18-,21+,24?;/m1./s1. The van der Waals surface area contributed by atoms with Gasteiger partial charge in [-0.2, -0.15) is 0 Å². The summed E-state index contributed by atoms with van der Waals surface area (Å²) in [5.74, 6) is 2.43. The monoisotopic (exact) mass is 610 g/mol. The first-order valence-corrected chi connectivity index (χ1v) is 12.1. The molecular formula is C26H32BrIN2O2. The maximum absolute atomic E-state index is 13.2. The van der Waals surface area contributed by atoms with Crippen LogP contribution in [0.15, 0.2) is 53.0 Å². The lowest BCUT2D eigenvalue weighted by atomic mass is 9.75. The molecule has 3 aromatic rings. The van der Waals surface area contributed by atoms with Gasteiger partial charge in [0.1, 0.15) is 6.10 Å². The molecule has 1 aliphatic carbocycles. The van der Waals surface area contributed by atoms with Crippen molar-refractivity contribution in [3.63, 3.8) is 0 Å². The Bertz CT molecular complexity index is 1080. The number of carbonyl (C=O) groups is 1. The van der Waals surface area contributed by atoms with Crippen LogP contribution in [0.25, 0.3) is 22.4 Å². The van der Waals surface area contributed by atoms with Crippen LogP contribution in [0, 0.1) is 17.8 Å². The summed E-state index contributed by atoms with van der Waals surface area (Å²) in [7, 11) is 2.05. The van der Waals surface area contributed by atoms with Gasteiger partial charge in [-0.1, -0.05) is 55.3 Å². The van der Waals surface area contributed by atoms with Crippen molar-refractivity contribution in [2.24, 2.45) is 24.8 Å². The van der Waals surface area contributed by atoms with Crippen LogP contribution in [0.3, 0.4) is 0 Å². The van der Waals surface area contributed by atoms with Crippen molar-refractivity contribution < 1.29 is 38.1 Å². The number of nitrogens with zero attached hydrogens (tertiary/aromatic N) is 2. The van der Waals surface area contributed by atoms with E-state index >= 15 is 0 Å². The highest BCUT2D eigenvalue weighted by atomic mass is 127. The Kier molecular flexibility index (Phi) is 8.42. The molecule has 172 valence electrons. The Hall–Kier alpha value is -1.41. The molecule has 6 heteroatoms. The first kappa shape index (κ1) is 25.2.